The number of allylic oxidation sites excluding steroid dienone is 6. The lowest BCUT2D eigenvalue weighted by Gasteiger charge is -2.31. The highest BCUT2D eigenvalue weighted by Crippen LogP contribution is 2.56. The summed E-state index contributed by atoms with van der Waals surface area (Å²) in [5, 5.41) is 17.0. The number of benzene rings is 10. The molecule has 8 aliphatic rings. The van der Waals surface area contributed by atoms with Gasteiger partial charge in [0.1, 0.15) is 39.8 Å². The van der Waals surface area contributed by atoms with E-state index in [1.54, 1.807) is 66.7 Å². The van der Waals surface area contributed by atoms with Crippen LogP contribution in [0.3, 0.4) is 0 Å². The van der Waals surface area contributed by atoms with Gasteiger partial charge in [-0.2, -0.15) is 38.7 Å². The van der Waals surface area contributed by atoms with Crippen LogP contribution in [0.4, 0.5) is 22.7 Å². The second-order valence-corrected chi connectivity index (χ2v) is 46.2. The van der Waals surface area contributed by atoms with Gasteiger partial charge in [-0.3, -0.25) is 37.6 Å². The number of hydrogen-bond donors (Lipinski definition) is 8. The third-order valence-electron chi connectivity index (χ3n) is 28.6. The van der Waals surface area contributed by atoms with Crippen molar-refractivity contribution in [1.29, 1.82) is 0 Å². The SMILES string of the molecule is CC[N+]1=C(/C=C/C=C/C=C2\C(CCCCCC(=O)NCCNC(=O)[C@H](CCNC(=O)C3CCN(S(=O)(=O)c4ccccc4-c4c5ccc(=[N+]6CCc7ccccc76)cc-5oc5cc(N6CCc7ccccc76)ccc45)CC3)NC(=O)[C@H](CC3CCCCC3)NC(=O)c3ccccc3)c3ccc4c(S(=O)(=O)O)cc(S(C)(=O)=O)cc4c3C2(C)C)C(C)(C)c2c1ccc1c(S(=O)(=O)O)cc(S(=O)(=O)O)cc21. The number of sulfonamides is 1. The summed E-state index contributed by atoms with van der Waals surface area (Å²) in [7, 11) is -23.1. The molecule has 5 aliphatic heterocycles. The Bertz CT molecular complexity index is 7590. The van der Waals surface area contributed by atoms with Crippen molar-refractivity contribution in [3.63, 3.8) is 0 Å². The third-order valence-corrected chi connectivity index (χ3v) is 34.3. The van der Waals surface area contributed by atoms with Crippen molar-refractivity contribution in [1.82, 2.24) is 35.5 Å². The Kier molecular flexibility index (Phi) is 28.2. The smallest absolute Gasteiger partial charge is 0.295 e. The molecule has 0 spiro atoms. The zero-order valence-corrected chi connectivity index (χ0v) is 82.4. The summed E-state index contributed by atoms with van der Waals surface area (Å²) in [6, 6.07) is 53.1. The maximum atomic E-state index is 15.4. The summed E-state index contributed by atoms with van der Waals surface area (Å²) >= 11 is 0. The van der Waals surface area contributed by atoms with Crippen LogP contribution in [0.1, 0.15) is 169 Å². The predicted molar refractivity (Wildman–Crippen MR) is 535 cm³/mol. The van der Waals surface area contributed by atoms with Crippen molar-refractivity contribution in [3.8, 4) is 22.5 Å². The molecule has 5 heterocycles. The molecule has 0 radical (unpaired) electrons. The number of sulfone groups is 1. The van der Waals surface area contributed by atoms with E-state index >= 15 is 8.42 Å². The molecule has 1 saturated carbocycles. The van der Waals surface area contributed by atoms with Gasteiger partial charge in [0.25, 0.3) is 36.3 Å². The molecular formula is C106H115N9O19S5+2. The van der Waals surface area contributed by atoms with Gasteiger partial charge in [0.05, 0.1) is 26.2 Å². The second-order valence-electron chi connectivity index (χ2n) is 38.1. The van der Waals surface area contributed by atoms with Crippen LogP contribution < -0.4 is 41.4 Å². The molecule has 8 N–H and O–H groups in total. The number of rotatable bonds is 32. The Labute approximate surface area is 810 Å². The minimum Gasteiger partial charge on any atom is -0.456 e. The minimum atomic E-state index is -4.98. The molecule has 33 heteroatoms. The summed E-state index contributed by atoms with van der Waals surface area (Å²) in [5.41, 5.74) is 11.0. The number of para-hydroxylation sites is 2. The van der Waals surface area contributed by atoms with E-state index in [1.807, 2.05) is 112 Å². The van der Waals surface area contributed by atoms with E-state index < -0.39 is 111 Å². The molecule has 139 heavy (non-hydrogen) atoms. The first kappa shape index (κ1) is 98.4. The van der Waals surface area contributed by atoms with Gasteiger partial charge >= 0.3 is 0 Å². The Balaban J connectivity index is 0.559. The zero-order valence-electron chi connectivity index (χ0n) is 78.3. The number of anilines is 2. The van der Waals surface area contributed by atoms with Crippen LogP contribution >= 0.6 is 0 Å². The molecule has 2 fully saturated rings. The Morgan fingerprint density at radius 3 is 1.95 bits per heavy atom. The molecule has 726 valence electrons. The predicted octanol–water partition coefficient (Wildman–Crippen LogP) is 15.6. The number of carbonyl (C=O) groups excluding carboxylic acids is 5. The van der Waals surface area contributed by atoms with Crippen molar-refractivity contribution in [2.45, 2.75) is 191 Å². The largest absolute Gasteiger partial charge is 0.456 e. The van der Waals surface area contributed by atoms with Crippen LogP contribution in [-0.4, -0.2) is 171 Å². The topological polar surface area (TPSA) is 403 Å². The molecule has 0 aromatic heterocycles. The lowest BCUT2D eigenvalue weighted by Crippen LogP contribution is -2.55. The van der Waals surface area contributed by atoms with Crippen molar-refractivity contribution < 1.29 is 88.7 Å². The van der Waals surface area contributed by atoms with Gasteiger partial charge in [0, 0.05) is 167 Å². The van der Waals surface area contributed by atoms with Gasteiger partial charge in [-0.1, -0.05) is 174 Å². The number of carbonyl (C=O) groups is 5. The quantitative estimate of drug-likeness (QED) is 0.00638. The van der Waals surface area contributed by atoms with Gasteiger partial charge in [-0.25, -0.2) is 16.8 Å². The molecular weight excluding hydrogens is 1860 g/mol. The van der Waals surface area contributed by atoms with Crippen molar-refractivity contribution in [2.75, 3.05) is 63.5 Å². The first-order valence-electron chi connectivity index (χ1n) is 47.5. The molecule has 3 aliphatic carbocycles. The molecule has 1 saturated heterocycles. The van der Waals surface area contributed by atoms with Crippen molar-refractivity contribution >= 4 is 141 Å². The molecule has 17 rings (SSSR count). The van der Waals surface area contributed by atoms with Crippen LogP contribution in [0.15, 0.2) is 253 Å². The molecule has 3 atom stereocenters. The fourth-order valence-corrected chi connectivity index (χ4v) is 26.2. The van der Waals surface area contributed by atoms with E-state index in [9.17, 15) is 71.3 Å². The summed E-state index contributed by atoms with van der Waals surface area (Å²) in [6.45, 7) is 11.5. The summed E-state index contributed by atoms with van der Waals surface area (Å²) in [4.78, 5) is 71.5. The Morgan fingerprint density at radius 1 is 0.554 bits per heavy atom. The number of nitrogens with one attached hydrogen (secondary N) is 5. The lowest BCUT2D eigenvalue weighted by molar-refractivity contribution is -0.433. The standard InChI is InChI=1S/C106H113N9O19S5/c1-7-113-90-47-46-78-84(64-75(137(125,126)127)66-95(78)139(131,132)133)100(90)106(4,5)96(113)38-18-11-17-34-85-76(79-45-44-77-83(99(79)105(85,2)3)63-74(135(6,121)122)65-94(77)138(128,129)130)32-16-10-19-39-97(116)107-54-55-109-103(119)86(110-104(120)87(60-67-26-12-8-13-27-67)111-102(118)70-30-14-9-15-31-70)48-53-108-101(117)71-49-56-112(57-50-71)136(123,124)93-37-25-22-33-82(93)98-80-42-40-72(114-58-51-68-28-20-23-35-88(68)114)61-91(80)134-92-62-73(41-43-81(92)98)115-59-52-69-29-21-24-36-89(69)115/h9,11,14-15,17-18,20-25,28-31,33-38,40-47,61-67,71,76,86-87H,7-8,10,12-13,16,19,26-27,32,39,48-60H2,1-6H3,(H6-2,107,108,109,110,111,116,117,118,119,120,125,126,127,128,129,130,131,132,133)/p+2/b17-11+,38-18+,85-34+/t76?,86-,87-/m0/s1. The van der Waals surface area contributed by atoms with Crippen LogP contribution in [0.25, 0.3) is 55.0 Å². The van der Waals surface area contributed by atoms with Gasteiger partial charge in [-0.15, -0.1) is 0 Å². The van der Waals surface area contributed by atoms with Gasteiger partial charge in [0.15, 0.2) is 22.1 Å². The number of unbranched alkanes of at least 4 members (excludes halogenated alkanes) is 2. The summed E-state index contributed by atoms with van der Waals surface area (Å²) < 4.78 is 178. The molecule has 1 unspecified atom stereocenters. The van der Waals surface area contributed by atoms with E-state index in [1.165, 1.54) is 33.6 Å². The van der Waals surface area contributed by atoms with E-state index in [2.05, 4.69) is 84.6 Å². The highest BCUT2D eigenvalue weighted by atomic mass is 32.2. The Morgan fingerprint density at radius 2 is 1.22 bits per heavy atom. The zero-order chi connectivity index (χ0) is 98.4. The first-order valence-corrected chi connectivity index (χ1v) is 55.1. The average molecular weight is 1980 g/mol. The van der Waals surface area contributed by atoms with E-state index in [-0.39, 0.29) is 108 Å². The molecule has 9 aromatic rings. The minimum absolute atomic E-state index is 0.000247. The van der Waals surface area contributed by atoms with Crippen molar-refractivity contribution in [3.05, 3.63) is 263 Å². The fourth-order valence-electron chi connectivity index (χ4n) is 21.8. The normalized spacial score (nSPS) is 18.1. The van der Waals surface area contributed by atoms with Crippen LogP contribution in [0.5, 0.6) is 0 Å². The summed E-state index contributed by atoms with van der Waals surface area (Å²) in [5.74, 6) is -2.55. The maximum absolute atomic E-state index is 15.4. The van der Waals surface area contributed by atoms with Gasteiger partial charge < -0.3 is 35.9 Å². The molecule has 28 nitrogen and oxygen atoms in total. The molecule has 0 bridgehead atoms. The van der Waals surface area contributed by atoms with E-state index in [0.29, 0.717) is 94.9 Å². The fraction of sp³-hybridized carbons (Fsp3) is 0.349. The monoisotopic (exact) mass is 1980 g/mol. The Hall–Kier alpha value is -12.2. The second kappa shape index (κ2) is 39.8. The molecule has 5 amide bonds. The number of piperidine rings is 1. The highest BCUT2D eigenvalue weighted by Gasteiger charge is 2.48. The number of fused-ring (bicyclic) bond motifs is 10. The molecule has 9 aromatic carbocycles. The average Bonchev–Trinajstić information content (AvgIpc) is 1.54. The first-order chi connectivity index (χ1) is 66.3. The summed E-state index contributed by atoms with van der Waals surface area (Å²) in [6.07, 6.45) is 19.5. The number of hydrogen-bond acceptors (Lipinski definition) is 17. The number of nitrogens with zero attached hydrogens (tertiary/aromatic N) is 4. The lowest BCUT2D eigenvalue weighted by atomic mass is 9.78. The van der Waals surface area contributed by atoms with Gasteiger partial charge in [-0.05, 0) is 172 Å². The van der Waals surface area contributed by atoms with Gasteiger partial charge in [0.2, 0.25) is 50.4 Å². The van der Waals surface area contributed by atoms with Crippen LogP contribution in [0, 0.1) is 11.8 Å². The third kappa shape index (κ3) is 20.4. The van der Waals surface area contributed by atoms with E-state index in [0.717, 1.165) is 121 Å². The van der Waals surface area contributed by atoms with E-state index in [4.69, 9.17) is 4.42 Å². The van der Waals surface area contributed by atoms with Crippen molar-refractivity contribution in [2.24, 2.45) is 11.8 Å². The number of amides is 5. The van der Waals surface area contributed by atoms with Crippen LogP contribution in [-0.2, 0) is 93.1 Å². The maximum Gasteiger partial charge on any atom is 0.295 e. The highest BCUT2D eigenvalue weighted by molar-refractivity contribution is 7.91. The van der Waals surface area contributed by atoms with Crippen LogP contribution in [0.2, 0.25) is 0 Å².